The van der Waals surface area contributed by atoms with Crippen LogP contribution < -0.4 is 10.5 Å². The van der Waals surface area contributed by atoms with Crippen LogP contribution in [0.15, 0.2) is 53.4 Å². The standard InChI is InChI=1S/C20H23N3O4S/c1-2-22-28(26,27)18-11-7-16(8-12-18)20(25)23(17-9-10-17)13-14-3-5-15(6-4-14)19(21)24/h3-8,11-12,17,22H,2,9-10,13H2,1H3,(H2,21,24). The van der Waals surface area contributed by atoms with Crippen LogP contribution in [0.5, 0.6) is 0 Å². The van der Waals surface area contributed by atoms with Crippen molar-refractivity contribution in [2.45, 2.75) is 37.2 Å². The average molecular weight is 401 g/mol. The van der Waals surface area contributed by atoms with Crippen molar-refractivity contribution in [1.82, 2.24) is 9.62 Å². The van der Waals surface area contributed by atoms with Crippen LogP contribution in [0.1, 0.15) is 46.0 Å². The molecule has 1 fully saturated rings. The molecule has 0 atom stereocenters. The molecule has 28 heavy (non-hydrogen) atoms. The Labute approximate surface area is 164 Å². The van der Waals surface area contributed by atoms with Gasteiger partial charge in [0.1, 0.15) is 0 Å². The molecule has 0 unspecified atom stereocenters. The molecule has 0 aromatic heterocycles. The van der Waals surface area contributed by atoms with Gasteiger partial charge in [0.25, 0.3) is 5.91 Å². The number of carbonyl (C=O) groups is 2. The number of benzene rings is 2. The molecule has 0 saturated heterocycles. The molecule has 3 rings (SSSR count). The summed E-state index contributed by atoms with van der Waals surface area (Å²) in [6.07, 6.45) is 1.88. The van der Waals surface area contributed by atoms with Gasteiger partial charge in [0.15, 0.2) is 0 Å². The minimum Gasteiger partial charge on any atom is -0.366 e. The Bertz CT molecular complexity index is 966. The summed E-state index contributed by atoms with van der Waals surface area (Å²) >= 11 is 0. The summed E-state index contributed by atoms with van der Waals surface area (Å²) in [6.45, 7) is 2.42. The van der Waals surface area contributed by atoms with Crippen molar-refractivity contribution in [2.75, 3.05) is 6.54 Å². The Morgan fingerprint density at radius 3 is 2.11 bits per heavy atom. The first-order chi connectivity index (χ1) is 13.3. The smallest absolute Gasteiger partial charge is 0.254 e. The van der Waals surface area contributed by atoms with Gasteiger partial charge < -0.3 is 10.6 Å². The Morgan fingerprint density at radius 1 is 1.04 bits per heavy atom. The Morgan fingerprint density at radius 2 is 1.61 bits per heavy atom. The van der Waals surface area contributed by atoms with E-state index in [4.69, 9.17) is 5.73 Å². The monoisotopic (exact) mass is 401 g/mol. The fourth-order valence-corrected chi connectivity index (χ4v) is 3.98. The van der Waals surface area contributed by atoms with Gasteiger partial charge in [-0.15, -0.1) is 0 Å². The Kier molecular flexibility index (Phi) is 5.81. The number of amides is 2. The van der Waals surface area contributed by atoms with Crippen LogP contribution in [-0.4, -0.2) is 37.7 Å². The average Bonchev–Trinajstić information content (AvgIpc) is 3.51. The van der Waals surface area contributed by atoms with Crippen LogP contribution in [-0.2, 0) is 16.6 Å². The highest BCUT2D eigenvalue weighted by molar-refractivity contribution is 7.89. The largest absolute Gasteiger partial charge is 0.366 e. The van der Waals surface area contributed by atoms with Crippen LogP contribution in [0.2, 0.25) is 0 Å². The molecular weight excluding hydrogens is 378 g/mol. The van der Waals surface area contributed by atoms with Gasteiger partial charge in [-0.25, -0.2) is 13.1 Å². The SMILES string of the molecule is CCNS(=O)(=O)c1ccc(C(=O)N(Cc2ccc(C(N)=O)cc2)C2CC2)cc1. The van der Waals surface area contributed by atoms with E-state index in [0.29, 0.717) is 24.2 Å². The molecular formula is C20H23N3O4S. The van der Waals surface area contributed by atoms with Gasteiger partial charge in [0, 0.05) is 30.3 Å². The zero-order valence-corrected chi connectivity index (χ0v) is 16.4. The predicted molar refractivity (Wildman–Crippen MR) is 105 cm³/mol. The number of nitrogens with one attached hydrogen (secondary N) is 1. The molecule has 0 heterocycles. The van der Waals surface area contributed by atoms with Gasteiger partial charge in [-0.1, -0.05) is 19.1 Å². The maximum Gasteiger partial charge on any atom is 0.254 e. The third-order valence-corrected chi connectivity index (χ3v) is 6.15. The summed E-state index contributed by atoms with van der Waals surface area (Å²) in [5.41, 5.74) is 7.02. The third kappa shape index (κ3) is 4.58. The van der Waals surface area contributed by atoms with Crippen molar-refractivity contribution in [3.05, 3.63) is 65.2 Å². The number of rotatable bonds is 8. The molecule has 1 saturated carbocycles. The van der Waals surface area contributed by atoms with E-state index < -0.39 is 15.9 Å². The highest BCUT2D eigenvalue weighted by atomic mass is 32.2. The summed E-state index contributed by atoms with van der Waals surface area (Å²) in [4.78, 5) is 26.1. The maximum absolute atomic E-state index is 13.0. The minimum absolute atomic E-state index is 0.130. The molecule has 1 aliphatic rings. The number of hydrogen-bond acceptors (Lipinski definition) is 4. The molecule has 2 amide bonds. The van der Waals surface area contributed by atoms with Crippen molar-refractivity contribution in [3.8, 4) is 0 Å². The van der Waals surface area contributed by atoms with Crippen molar-refractivity contribution >= 4 is 21.8 Å². The van der Waals surface area contributed by atoms with Gasteiger partial charge in [-0.2, -0.15) is 0 Å². The highest BCUT2D eigenvalue weighted by Gasteiger charge is 2.33. The van der Waals surface area contributed by atoms with E-state index >= 15 is 0 Å². The molecule has 1 aliphatic carbocycles. The summed E-state index contributed by atoms with van der Waals surface area (Å²) in [7, 11) is -3.55. The molecule has 7 nitrogen and oxygen atoms in total. The van der Waals surface area contributed by atoms with E-state index in [1.165, 1.54) is 24.3 Å². The highest BCUT2D eigenvalue weighted by Crippen LogP contribution is 2.30. The van der Waals surface area contributed by atoms with Gasteiger partial charge in [0.05, 0.1) is 4.90 Å². The zero-order valence-electron chi connectivity index (χ0n) is 15.6. The number of carbonyl (C=O) groups excluding carboxylic acids is 2. The van der Waals surface area contributed by atoms with E-state index in [1.54, 1.807) is 36.1 Å². The second-order valence-electron chi connectivity index (χ2n) is 6.75. The van der Waals surface area contributed by atoms with Crippen LogP contribution in [0.4, 0.5) is 0 Å². The van der Waals surface area contributed by atoms with Crippen molar-refractivity contribution < 1.29 is 18.0 Å². The molecule has 0 spiro atoms. The summed E-state index contributed by atoms with van der Waals surface area (Å²) in [6, 6.07) is 13.0. The summed E-state index contributed by atoms with van der Waals surface area (Å²) < 4.78 is 26.5. The number of primary amides is 1. The lowest BCUT2D eigenvalue weighted by molar-refractivity contribution is 0.0729. The van der Waals surface area contributed by atoms with Crippen LogP contribution >= 0.6 is 0 Å². The number of nitrogens with two attached hydrogens (primary N) is 1. The molecule has 2 aromatic rings. The van der Waals surface area contributed by atoms with Crippen molar-refractivity contribution in [1.29, 1.82) is 0 Å². The molecule has 0 bridgehead atoms. The topological polar surface area (TPSA) is 110 Å². The lowest BCUT2D eigenvalue weighted by Crippen LogP contribution is -2.32. The van der Waals surface area contributed by atoms with Crippen molar-refractivity contribution in [2.24, 2.45) is 5.73 Å². The van der Waals surface area contributed by atoms with E-state index in [-0.39, 0.29) is 16.8 Å². The van der Waals surface area contributed by atoms with Crippen LogP contribution in [0.3, 0.4) is 0 Å². The lowest BCUT2D eigenvalue weighted by atomic mass is 10.1. The molecule has 0 aliphatic heterocycles. The Balaban J connectivity index is 1.77. The minimum atomic E-state index is -3.55. The first kappa shape index (κ1) is 20.0. The third-order valence-electron chi connectivity index (χ3n) is 4.59. The van der Waals surface area contributed by atoms with Gasteiger partial charge >= 0.3 is 0 Å². The van der Waals surface area contributed by atoms with Gasteiger partial charge in [-0.3, -0.25) is 9.59 Å². The molecule has 148 valence electrons. The van der Waals surface area contributed by atoms with E-state index in [0.717, 1.165) is 18.4 Å². The quantitative estimate of drug-likeness (QED) is 0.704. The molecule has 8 heteroatoms. The number of nitrogens with zero attached hydrogens (tertiary/aromatic N) is 1. The predicted octanol–water partition coefficient (Wildman–Crippen LogP) is 1.89. The molecule has 0 radical (unpaired) electrons. The molecule has 2 aromatic carbocycles. The summed E-state index contributed by atoms with van der Waals surface area (Å²) in [5, 5.41) is 0. The zero-order chi connectivity index (χ0) is 20.3. The fourth-order valence-electron chi connectivity index (χ4n) is 2.94. The maximum atomic E-state index is 13.0. The first-order valence-electron chi connectivity index (χ1n) is 9.11. The van der Waals surface area contributed by atoms with E-state index in [2.05, 4.69) is 4.72 Å². The van der Waals surface area contributed by atoms with Crippen LogP contribution in [0.25, 0.3) is 0 Å². The van der Waals surface area contributed by atoms with Gasteiger partial charge in [0.2, 0.25) is 15.9 Å². The normalized spacial score (nSPS) is 13.9. The first-order valence-corrected chi connectivity index (χ1v) is 10.6. The Hall–Kier alpha value is -2.71. The fraction of sp³-hybridized carbons (Fsp3) is 0.300. The summed E-state index contributed by atoms with van der Waals surface area (Å²) in [5.74, 6) is -0.636. The lowest BCUT2D eigenvalue weighted by Gasteiger charge is -2.23. The van der Waals surface area contributed by atoms with Gasteiger partial charge in [-0.05, 0) is 54.8 Å². The van der Waals surface area contributed by atoms with Crippen molar-refractivity contribution in [3.63, 3.8) is 0 Å². The molecule has 3 N–H and O–H groups in total. The number of hydrogen-bond donors (Lipinski definition) is 2. The van der Waals surface area contributed by atoms with E-state index in [9.17, 15) is 18.0 Å². The second kappa shape index (κ2) is 8.12. The van der Waals surface area contributed by atoms with Crippen LogP contribution in [0, 0.1) is 0 Å². The van der Waals surface area contributed by atoms with E-state index in [1.807, 2.05) is 0 Å². The second-order valence-corrected chi connectivity index (χ2v) is 8.52. The number of sulfonamides is 1.